The van der Waals surface area contributed by atoms with Gasteiger partial charge in [-0.25, -0.2) is 0 Å². The van der Waals surface area contributed by atoms with Crippen molar-refractivity contribution in [3.63, 3.8) is 0 Å². The Morgan fingerprint density at radius 3 is 2.74 bits per heavy atom. The highest BCUT2D eigenvalue weighted by molar-refractivity contribution is 7.99. The molecule has 0 heterocycles. The molecule has 0 aromatic heterocycles. The molecule has 2 nitrogen and oxygen atoms in total. The van der Waals surface area contributed by atoms with Gasteiger partial charge in [-0.2, -0.15) is 0 Å². The minimum Gasteiger partial charge on any atom is -0.496 e. The molecule has 0 bridgehead atoms. The summed E-state index contributed by atoms with van der Waals surface area (Å²) in [7, 11) is 1.61. The molecule has 0 aliphatic carbocycles. The molecule has 0 saturated carbocycles. The standard InChI is InChI=1S/C15H15ClO2S/c1-18-15-8-3-2-7-13(15)14(17)10-19-12-6-4-5-11(16)9-12/h2-9,14,17H,10H2,1H3. The van der Waals surface area contributed by atoms with Crippen LogP contribution in [-0.4, -0.2) is 18.0 Å². The molecule has 0 saturated heterocycles. The van der Waals surface area contributed by atoms with Gasteiger partial charge in [0.25, 0.3) is 0 Å². The third kappa shape index (κ3) is 3.90. The van der Waals surface area contributed by atoms with Gasteiger partial charge >= 0.3 is 0 Å². The number of benzene rings is 2. The maximum atomic E-state index is 10.2. The summed E-state index contributed by atoms with van der Waals surface area (Å²) < 4.78 is 5.25. The minimum atomic E-state index is -0.569. The largest absolute Gasteiger partial charge is 0.496 e. The van der Waals surface area contributed by atoms with Crippen molar-refractivity contribution in [1.82, 2.24) is 0 Å². The van der Waals surface area contributed by atoms with Crippen molar-refractivity contribution in [2.75, 3.05) is 12.9 Å². The predicted molar refractivity (Wildman–Crippen MR) is 80.1 cm³/mol. The fraction of sp³-hybridized carbons (Fsp3) is 0.200. The molecule has 2 aromatic rings. The number of ether oxygens (including phenoxy) is 1. The Hall–Kier alpha value is -1.16. The maximum absolute atomic E-state index is 10.2. The van der Waals surface area contributed by atoms with E-state index in [4.69, 9.17) is 16.3 Å². The molecule has 19 heavy (non-hydrogen) atoms. The van der Waals surface area contributed by atoms with E-state index in [2.05, 4.69) is 0 Å². The second-order valence-corrected chi connectivity index (χ2v) is 5.56. The van der Waals surface area contributed by atoms with Crippen molar-refractivity contribution in [3.05, 3.63) is 59.1 Å². The minimum absolute atomic E-state index is 0.556. The van der Waals surface area contributed by atoms with Crippen molar-refractivity contribution in [2.45, 2.75) is 11.0 Å². The summed E-state index contributed by atoms with van der Waals surface area (Å²) in [6.45, 7) is 0. The molecule has 0 spiro atoms. The van der Waals surface area contributed by atoms with Crippen LogP contribution in [0.25, 0.3) is 0 Å². The van der Waals surface area contributed by atoms with E-state index >= 15 is 0 Å². The molecular weight excluding hydrogens is 280 g/mol. The summed E-state index contributed by atoms with van der Waals surface area (Å²) >= 11 is 7.50. The molecule has 1 N–H and O–H groups in total. The van der Waals surface area contributed by atoms with Crippen molar-refractivity contribution >= 4 is 23.4 Å². The Kier molecular flexibility index (Phi) is 5.14. The second kappa shape index (κ2) is 6.85. The number of hydrogen-bond acceptors (Lipinski definition) is 3. The van der Waals surface area contributed by atoms with E-state index in [-0.39, 0.29) is 0 Å². The van der Waals surface area contributed by atoms with E-state index < -0.39 is 6.10 Å². The van der Waals surface area contributed by atoms with Crippen molar-refractivity contribution < 1.29 is 9.84 Å². The van der Waals surface area contributed by atoms with Gasteiger partial charge < -0.3 is 9.84 Å². The van der Waals surface area contributed by atoms with Crippen molar-refractivity contribution in [2.24, 2.45) is 0 Å². The lowest BCUT2D eigenvalue weighted by atomic mass is 10.1. The summed E-state index contributed by atoms with van der Waals surface area (Å²) in [5.74, 6) is 1.27. The van der Waals surface area contributed by atoms with Gasteiger partial charge in [0.2, 0.25) is 0 Å². The van der Waals surface area contributed by atoms with Gasteiger partial charge in [0.05, 0.1) is 13.2 Å². The van der Waals surface area contributed by atoms with Crippen LogP contribution < -0.4 is 4.74 Å². The van der Waals surface area contributed by atoms with E-state index in [1.165, 1.54) is 0 Å². The first-order valence-electron chi connectivity index (χ1n) is 5.90. The van der Waals surface area contributed by atoms with E-state index in [0.717, 1.165) is 10.5 Å². The summed E-state index contributed by atoms with van der Waals surface area (Å²) in [6, 6.07) is 15.1. The zero-order chi connectivity index (χ0) is 13.7. The normalized spacial score (nSPS) is 12.2. The van der Waals surface area contributed by atoms with Crippen LogP contribution in [0.4, 0.5) is 0 Å². The SMILES string of the molecule is COc1ccccc1C(O)CSc1cccc(Cl)c1. The third-order valence-corrected chi connectivity index (χ3v) is 4.01. The monoisotopic (exact) mass is 294 g/mol. The van der Waals surface area contributed by atoms with Gasteiger partial charge in [-0.15, -0.1) is 11.8 Å². The molecule has 0 radical (unpaired) electrons. The quantitative estimate of drug-likeness (QED) is 0.839. The van der Waals surface area contributed by atoms with Crippen LogP contribution in [0.3, 0.4) is 0 Å². The molecule has 0 fully saturated rings. The zero-order valence-electron chi connectivity index (χ0n) is 10.5. The van der Waals surface area contributed by atoms with Gasteiger partial charge in [0, 0.05) is 21.2 Å². The Morgan fingerprint density at radius 2 is 2.00 bits per heavy atom. The fourth-order valence-electron chi connectivity index (χ4n) is 1.76. The van der Waals surface area contributed by atoms with Gasteiger partial charge in [0.15, 0.2) is 0 Å². The summed E-state index contributed by atoms with van der Waals surface area (Å²) in [5.41, 5.74) is 0.805. The van der Waals surface area contributed by atoms with Crippen LogP contribution in [0.5, 0.6) is 5.75 Å². The Morgan fingerprint density at radius 1 is 1.21 bits per heavy atom. The molecule has 1 atom stereocenters. The molecule has 0 aliphatic heterocycles. The van der Waals surface area contributed by atoms with Crippen LogP contribution in [0, 0.1) is 0 Å². The zero-order valence-corrected chi connectivity index (χ0v) is 12.1. The highest BCUT2D eigenvalue weighted by atomic mass is 35.5. The summed E-state index contributed by atoms with van der Waals surface area (Å²) in [5, 5.41) is 10.9. The molecule has 100 valence electrons. The van der Waals surface area contributed by atoms with Crippen molar-refractivity contribution in [3.8, 4) is 5.75 Å². The molecule has 1 unspecified atom stereocenters. The van der Waals surface area contributed by atoms with E-state index in [0.29, 0.717) is 16.5 Å². The van der Waals surface area contributed by atoms with Gasteiger partial charge in [-0.3, -0.25) is 0 Å². The smallest absolute Gasteiger partial charge is 0.124 e. The third-order valence-electron chi connectivity index (χ3n) is 2.70. The van der Waals surface area contributed by atoms with Crippen LogP contribution >= 0.6 is 23.4 Å². The topological polar surface area (TPSA) is 29.5 Å². The first-order chi connectivity index (χ1) is 9.20. The number of rotatable bonds is 5. The molecule has 2 rings (SSSR count). The van der Waals surface area contributed by atoms with Gasteiger partial charge in [-0.1, -0.05) is 35.9 Å². The average Bonchev–Trinajstić information content (AvgIpc) is 2.45. The fourth-order valence-corrected chi connectivity index (χ4v) is 2.93. The number of aliphatic hydroxyl groups excluding tert-OH is 1. The van der Waals surface area contributed by atoms with Gasteiger partial charge in [-0.05, 0) is 24.3 Å². The lowest BCUT2D eigenvalue weighted by molar-refractivity contribution is 0.199. The van der Waals surface area contributed by atoms with Crippen LogP contribution in [-0.2, 0) is 0 Å². The molecule has 0 amide bonds. The molecule has 2 aromatic carbocycles. The summed E-state index contributed by atoms with van der Waals surface area (Å²) in [4.78, 5) is 1.04. The number of para-hydroxylation sites is 1. The second-order valence-electron chi connectivity index (χ2n) is 4.03. The first-order valence-corrected chi connectivity index (χ1v) is 7.26. The lowest BCUT2D eigenvalue weighted by Gasteiger charge is -2.14. The highest BCUT2D eigenvalue weighted by Gasteiger charge is 2.13. The van der Waals surface area contributed by atoms with Crippen molar-refractivity contribution in [1.29, 1.82) is 0 Å². The van der Waals surface area contributed by atoms with Crippen LogP contribution in [0.1, 0.15) is 11.7 Å². The Balaban J connectivity index is 2.03. The van der Waals surface area contributed by atoms with E-state index in [9.17, 15) is 5.11 Å². The first kappa shape index (κ1) is 14.3. The van der Waals surface area contributed by atoms with Crippen LogP contribution in [0.15, 0.2) is 53.4 Å². The Bertz CT molecular complexity index is 545. The number of methoxy groups -OCH3 is 1. The number of thioether (sulfide) groups is 1. The average molecular weight is 295 g/mol. The number of hydrogen-bond donors (Lipinski definition) is 1. The molecule has 0 aliphatic rings. The number of halogens is 1. The van der Waals surface area contributed by atoms with Gasteiger partial charge in [0.1, 0.15) is 5.75 Å². The predicted octanol–water partition coefficient (Wildman–Crippen LogP) is 4.17. The molecular formula is C15H15ClO2S. The van der Waals surface area contributed by atoms with Crippen LogP contribution in [0.2, 0.25) is 5.02 Å². The lowest BCUT2D eigenvalue weighted by Crippen LogP contribution is -2.03. The maximum Gasteiger partial charge on any atom is 0.124 e. The van der Waals surface area contributed by atoms with E-state index in [1.54, 1.807) is 18.9 Å². The Labute approximate surface area is 122 Å². The summed E-state index contributed by atoms with van der Waals surface area (Å²) in [6.07, 6.45) is -0.569. The highest BCUT2D eigenvalue weighted by Crippen LogP contribution is 2.30. The molecule has 4 heteroatoms. The van der Waals surface area contributed by atoms with E-state index in [1.807, 2.05) is 48.5 Å². The number of aliphatic hydroxyl groups is 1.